The van der Waals surface area contributed by atoms with Gasteiger partial charge in [0.05, 0.1) is 31.4 Å². The number of hydrogen-bond donors (Lipinski definition) is 2. The van der Waals surface area contributed by atoms with Crippen LogP contribution < -0.4 is 29.3 Å². The number of fused-ring (bicyclic) bond motifs is 1. The maximum atomic E-state index is 13.4. The van der Waals surface area contributed by atoms with Crippen LogP contribution in [-0.4, -0.2) is 53.7 Å². The molecule has 0 aliphatic carbocycles. The van der Waals surface area contributed by atoms with E-state index in [1.165, 1.54) is 31.4 Å². The molecule has 3 aromatic carbocycles. The van der Waals surface area contributed by atoms with Crippen molar-refractivity contribution in [2.75, 3.05) is 38.7 Å². The van der Waals surface area contributed by atoms with Gasteiger partial charge in [0.1, 0.15) is 11.3 Å². The number of nitrogens with zero attached hydrogens (tertiary/aromatic N) is 1. The van der Waals surface area contributed by atoms with Gasteiger partial charge in [-0.05, 0) is 73.5 Å². The molecule has 0 aliphatic heterocycles. The maximum absolute atomic E-state index is 13.4. The van der Waals surface area contributed by atoms with Crippen LogP contribution in [0.15, 0.2) is 76.6 Å². The summed E-state index contributed by atoms with van der Waals surface area (Å²) in [5, 5.41) is 2.84. The number of nitrogens with one attached hydrogen (secondary N) is 2. The van der Waals surface area contributed by atoms with Gasteiger partial charge >= 0.3 is 0 Å². The lowest BCUT2D eigenvalue weighted by Crippen LogP contribution is -2.30. The quantitative estimate of drug-likeness (QED) is 0.284. The molecule has 210 valence electrons. The Bertz CT molecular complexity index is 1680. The largest absolute Gasteiger partial charge is 0.494 e. The maximum Gasteiger partial charge on any atom is 0.264 e. The number of anilines is 1. The minimum Gasteiger partial charge on any atom is -0.494 e. The summed E-state index contributed by atoms with van der Waals surface area (Å²) >= 11 is 0. The van der Waals surface area contributed by atoms with Crippen LogP contribution in [0.25, 0.3) is 10.9 Å². The van der Waals surface area contributed by atoms with Crippen LogP contribution in [0.1, 0.15) is 22.8 Å². The van der Waals surface area contributed by atoms with Gasteiger partial charge in [-0.25, -0.2) is 8.42 Å². The van der Waals surface area contributed by atoms with Gasteiger partial charge in [-0.3, -0.25) is 13.9 Å². The first-order valence-electron chi connectivity index (χ1n) is 12.6. The molecule has 0 unspecified atom stereocenters. The number of benzene rings is 3. The van der Waals surface area contributed by atoms with E-state index < -0.39 is 21.4 Å². The Labute approximate surface area is 232 Å². The third-order valence-electron chi connectivity index (χ3n) is 6.41. The number of sulfonamides is 1. The van der Waals surface area contributed by atoms with E-state index in [9.17, 15) is 18.0 Å². The zero-order valence-electron chi connectivity index (χ0n) is 22.7. The predicted molar refractivity (Wildman–Crippen MR) is 153 cm³/mol. The van der Waals surface area contributed by atoms with Crippen molar-refractivity contribution in [2.24, 2.45) is 0 Å². The van der Waals surface area contributed by atoms with Crippen molar-refractivity contribution in [3.05, 3.63) is 88.2 Å². The van der Waals surface area contributed by atoms with Crippen LogP contribution in [0, 0.1) is 0 Å². The summed E-state index contributed by atoms with van der Waals surface area (Å²) in [6.45, 7) is 2.63. The van der Waals surface area contributed by atoms with E-state index >= 15 is 0 Å². The standard InChI is InChI=1S/C29H31N3O7S/c1-5-39-21-9-7-20(8-10-21)32(2)40(35,36)22-11-12-25-23(17-22)28(33)24(18-31-25)29(34)30-15-14-19-6-13-26(37-3)27(16-19)38-4/h6-13,16-18H,5,14-15H2,1-4H3,(H,30,34)(H,31,33). The molecule has 0 atom stereocenters. The lowest BCUT2D eigenvalue weighted by atomic mass is 10.1. The van der Waals surface area contributed by atoms with E-state index in [0.29, 0.717) is 41.5 Å². The number of carbonyl (C=O) groups is 1. The number of H-pyrrole nitrogens is 1. The number of methoxy groups -OCH3 is 2. The normalized spacial score (nSPS) is 11.2. The number of hydrogen-bond acceptors (Lipinski definition) is 7. The van der Waals surface area contributed by atoms with Crippen LogP contribution >= 0.6 is 0 Å². The van der Waals surface area contributed by atoms with Gasteiger partial charge in [-0.15, -0.1) is 0 Å². The second-order valence-electron chi connectivity index (χ2n) is 8.83. The lowest BCUT2D eigenvalue weighted by Gasteiger charge is -2.20. The second kappa shape index (κ2) is 12.1. The highest BCUT2D eigenvalue weighted by atomic mass is 32.2. The van der Waals surface area contributed by atoms with E-state index in [4.69, 9.17) is 14.2 Å². The van der Waals surface area contributed by atoms with E-state index in [2.05, 4.69) is 10.3 Å². The minimum absolute atomic E-state index is 0.0760. The third kappa shape index (κ3) is 5.89. The van der Waals surface area contributed by atoms with Crippen molar-refractivity contribution in [2.45, 2.75) is 18.2 Å². The fraction of sp³-hybridized carbons (Fsp3) is 0.241. The Balaban J connectivity index is 1.53. The molecule has 1 aromatic heterocycles. The van der Waals surface area contributed by atoms with Crippen molar-refractivity contribution in [3.63, 3.8) is 0 Å². The molecule has 11 heteroatoms. The first-order chi connectivity index (χ1) is 19.2. The highest BCUT2D eigenvalue weighted by Gasteiger charge is 2.23. The number of carbonyl (C=O) groups excluding carboxylic acids is 1. The van der Waals surface area contributed by atoms with E-state index in [1.807, 2.05) is 19.1 Å². The highest BCUT2D eigenvalue weighted by Crippen LogP contribution is 2.28. The Morgan fingerprint density at radius 2 is 1.70 bits per heavy atom. The highest BCUT2D eigenvalue weighted by molar-refractivity contribution is 7.92. The van der Waals surface area contributed by atoms with Crippen LogP contribution in [0.2, 0.25) is 0 Å². The SMILES string of the molecule is CCOc1ccc(N(C)S(=O)(=O)c2ccc3[nH]cc(C(=O)NCCc4ccc(OC)c(OC)c4)c(=O)c3c2)cc1. The molecule has 0 spiro atoms. The van der Waals surface area contributed by atoms with E-state index in [-0.39, 0.29) is 22.4 Å². The third-order valence-corrected chi connectivity index (χ3v) is 8.20. The molecule has 0 aliphatic rings. The molecule has 10 nitrogen and oxygen atoms in total. The van der Waals surface area contributed by atoms with Gasteiger partial charge in [-0.2, -0.15) is 0 Å². The molecule has 4 aromatic rings. The predicted octanol–water partition coefficient (Wildman–Crippen LogP) is 3.74. The lowest BCUT2D eigenvalue weighted by molar-refractivity contribution is 0.0953. The molecule has 1 heterocycles. The van der Waals surface area contributed by atoms with Crippen molar-refractivity contribution in [1.82, 2.24) is 10.3 Å². The average Bonchev–Trinajstić information content (AvgIpc) is 2.97. The number of rotatable bonds is 11. The van der Waals surface area contributed by atoms with Crippen molar-refractivity contribution < 1.29 is 27.4 Å². The molecule has 4 rings (SSSR count). The van der Waals surface area contributed by atoms with Gasteiger partial charge < -0.3 is 24.5 Å². The number of ether oxygens (including phenoxy) is 3. The fourth-order valence-electron chi connectivity index (χ4n) is 4.19. The van der Waals surface area contributed by atoms with Crippen LogP contribution in [-0.2, 0) is 16.4 Å². The molecular weight excluding hydrogens is 534 g/mol. The van der Waals surface area contributed by atoms with Gasteiger partial charge in [0.25, 0.3) is 15.9 Å². The van der Waals surface area contributed by atoms with Gasteiger partial charge in [0, 0.05) is 30.7 Å². The van der Waals surface area contributed by atoms with Crippen molar-refractivity contribution >= 4 is 32.5 Å². The number of aromatic nitrogens is 1. The fourth-order valence-corrected chi connectivity index (χ4v) is 5.42. The summed E-state index contributed by atoms with van der Waals surface area (Å²) in [5.74, 6) is 1.24. The Kier molecular flexibility index (Phi) is 8.64. The van der Waals surface area contributed by atoms with Crippen LogP contribution in [0.5, 0.6) is 17.2 Å². The van der Waals surface area contributed by atoms with Crippen molar-refractivity contribution in [3.8, 4) is 17.2 Å². The van der Waals surface area contributed by atoms with E-state index in [1.54, 1.807) is 44.6 Å². The second-order valence-corrected chi connectivity index (χ2v) is 10.8. The Hall–Kier alpha value is -4.51. The Morgan fingerprint density at radius 3 is 2.38 bits per heavy atom. The van der Waals surface area contributed by atoms with Gasteiger partial charge in [-0.1, -0.05) is 6.07 Å². The summed E-state index contributed by atoms with van der Waals surface area (Å²) in [6.07, 6.45) is 1.83. The molecule has 0 saturated heterocycles. The number of amides is 1. The molecule has 0 bridgehead atoms. The monoisotopic (exact) mass is 565 g/mol. The molecule has 0 saturated carbocycles. The van der Waals surface area contributed by atoms with Crippen molar-refractivity contribution in [1.29, 1.82) is 0 Å². The van der Waals surface area contributed by atoms with Gasteiger partial charge in [0.2, 0.25) is 5.43 Å². The topological polar surface area (TPSA) is 127 Å². The number of aromatic amines is 1. The molecular formula is C29H31N3O7S. The molecule has 40 heavy (non-hydrogen) atoms. The van der Waals surface area contributed by atoms with Crippen LogP contribution in [0.3, 0.4) is 0 Å². The van der Waals surface area contributed by atoms with Gasteiger partial charge in [0.15, 0.2) is 11.5 Å². The summed E-state index contributed by atoms with van der Waals surface area (Å²) in [5.41, 5.74) is 1.07. The molecule has 2 N–H and O–H groups in total. The zero-order chi connectivity index (χ0) is 28.9. The summed E-state index contributed by atoms with van der Waals surface area (Å²) in [6, 6.07) is 16.3. The smallest absolute Gasteiger partial charge is 0.264 e. The minimum atomic E-state index is -3.99. The molecule has 1 amide bonds. The average molecular weight is 566 g/mol. The summed E-state index contributed by atoms with van der Waals surface area (Å²) < 4.78 is 43.8. The zero-order valence-corrected chi connectivity index (χ0v) is 23.5. The first-order valence-corrected chi connectivity index (χ1v) is 14.0. The van der Waals surface area contributed by atoms with Crippen LogP contribution in [0.4, 0.5) is 5.69 Å². The van der Waals surface area contributed by atoms with E-state index in [0.717, 1.165) is 9.87 Å². The molecule has 0 radical (unpaired) electrons. The first kappa shape index (κ1) is 28.5. The summed E-state index contributed by atoms with van der Waals surface area (Å²) in [7, 11) is 0.537. The Morgan fingerprint density at radius 1 is 0.975 bits per heavy atom. The summed E-state index contributed by atoms with van der Waals surface area (Å²) in [4.78, 5) is 28.9. The molecule has 0 fully saturated rings. The number of pyridine rings is 1.